The molecule has 11 heteroatoms. The summed E-state index contributed by atoms with van der Waals surface area (Å²) in [5.74, 6) is -1.22. The number of aromatic nitrogens is 3. The third kappa shape index (κ3) is 5.65. The van der Waals surface area contributed by atoms with Crippen LogP contribution >= 0.6 is 0 Å². The second kappa shape index (κ2) is 8.25. The first-order valence-electron chi connectivity index (χ1n) is 8.57. The van der Waals surface area contributed by atoms with E-state index in [0.717, 1.165) is 0 Å². The van der Waals surface area contributed by atoms with E-state index >= 15 is 0 Å². The maximum absolute atomic E-state index is 12.4. The lowest BCUT2D eigenvalue weighted by atomic mass is 9.86. The average molecular weight is 431 g/mol. The average Bonchev–Trinajstić information content (AvgIpc) is 3.17. The Balaban J connectivity index is 1.93. The van der Waals surface area contributed by atoms with Crippen LogP contribution in [0.5, 0.6) is 11.5 Å². The van der Waals surface area contributed by atoms with E-state index in [4.69, 9.17) is 0 Å². The van der Waals surface area contributed by atoms with Gasteiger partial charge in [0.25, 0.3) is 0 Å². The number of halogens is 6. The summed E-state index contributed by atoms with van der Waals surface area (Å²) in [7, 11) is 0. The Hall–Kier alpha value is -3.24. The second-order valence-corrected chi connectivity index (χ2v) is 6.33. The predicted molar refractivity (Wildman–Crippen MR) is 92.8 cm³/mol. The van der Waals surface area contributed by atoms with Gasteiger partial charge in [-0.3, -0.25) is 0 Å². The van der Waals surface area contributed by atoms with Crippen LogP contribution in [0, 0.1) is 0 Å². The van der Waals surface area contributed by atoms with Crippen molar-refractivity contribution in [2.24, 2.45) is 0 Å². The maximum Gasteiger partial charge on any atom is 0.573 e. The highest BCUT2D eigenvalue weighted by Gasteiger charge is 2.32. The molecule has 30 heavy (non-hydrogen) atoms. The molecule has 0 saturated carbocycles. The van der Waals surface area contributed by atoms with Crippen LogP contribution in [0.15, 0.2) is 61.2 Å². The lowest BCUT2D eigenvalue weighted by Gasteiger charge is -2.25. The topological polar surface area (TPSA) is 49.2 Å². The highest BCUT2D eigenvalue weighted by molar-refractivity contribution is 5.39. The number of hydrogen-bond donors (Lipinski definition) is 0. The van der Waals surface area contributed by atoms with Crippen molar-refractivity contribution in [3.8, 4) is 11.5 Å². The van der Waals surface area contributed by atoms with E-state index in [-0.39, 0.29) is 17.5 Å². The molecule has 0 aliphatic heterocycles. The van der Waals surface area contributed by atoms with Gasteiger partial charge in [0.2, 0.25) is 0 Å². The molecule has 5 nitrogen and oxygen atoms in total. The molecule has 3 rings (SSSR count). The number of benzene rings is 2. The van der Waals surface area contributed by atoms with Crippen molar-refractivity contribution in [1.82, 2.24) is 14.8 Å². The van der Waals surface area contributed by atoms with Gasteiger partial charge in [0.05, 0.1) is 6.04 Å². The minimum Gasteiger partial charge on any atom is -0.406 e. The summed E-state index contributed by atoms with van der Waals surface area (Å²) in [6, 6.07) is 10.2. The smallest absolute Gasteiger partial charge is 0.406 e. The summed E-state index contributed by atoms with van der Waals surface area (Å²) in [5.41, 5.74) is 1.22. The summed E-state index contributed by atoms with van der Waals surface area (Å²) >= 11 is 0. The van der Waals surface area contributed by atoms with Gasteiger partial charge in [-0.2, -0.15) is 5.10 Å². The Morgan fingerprint density at radius 2 is 1.20 bits per heavy atom. The number of rotatable bonds is 6. The van der Waals surface area contributed by atoms with Crippen LogP contribution in [-0.2, 0) is 0 Å². The molecule has 1 atom stereocenters. The van der Waals surface area contributed by atoms with Crippen molar-refractivity contribution in [2.45, 2.75) is 31.6 Å². The third-order valence-corrected chi connectivity index (χ3v) is 4.28. The van der Waals surface area contributed by atoms with Gasteiger partial charge < -0.3 is 9.47 Å². The highest BCUT2D eigenvalue weighted by Crippen LogP contribution is 2.37. The van der Waals surface area contributed by atoms with Gasteiger partial charge in [0.1, 0.15) is 24.2 Å². The van der Waals surface area contributed by atoms with E-state index in [2.05, 4.69) is 19.6 Å². The molecule has 0 aliphatic carbocycles. The van der Waals surface area contributed by atoms with Crippen LogP contribution in [0.2, 0.25) is 0 Å². The van der Waals surface area contributed by atoms with Crippen LogP contribution in [0.3, 0.4) is 0 Å². The zero-order valence-electron chi connectivity index (χ0n) is 15.4. The molecule has 3 aromatic rings. The summed E-state index contributed by atoms with van der Waals surface area (Å²) in [6.07, 6.45) is -6.83. The monoisotopic (exact) mass is 431 g/mol. The van der Waals surface area contributed by atoms with Crippen LogP contribution < -0.4 is 9.47 Å². The van der Waals surface area contributed by atoms with Crippen LogP contribution in [0.1, 0.15) is 30.0 Å². The molecular weight excluding hydrogens is 416 g/mol. The van der Waals surface area contributed by atoms with Crippen molar-refractivity contribution < 1.29 is 35.8 Å². The molecule has 0 N–H and O–H groups in total. The van der Waals surface area contributed by atoms with Gasteiger partial charge in [-0.05, 0) is 42.3 Å². The fourth-order valence-electron chi connectivity index (χ4n) is 3.08. The summed E-state index contributed by atoms with van der Waals surface area (Å²) < 4.78 is 83.7. The van der Waals surface area contributed by atoms with Crippen molar-refractivity contribution in [1.29, 1.82) is 0 Å². The predicted octanol–water partition coefficient (Wildman–Crippen LogP) is 5.47. The van der Waals surface area contributed by atoms with Crippen molar-refractivity contribution in [3.63, 3.8) is 0 Å². The minimum absolute atomic E-state index is 0.351. The first kappa shape index (κ1) is 21.5. The Labute approximate surface area is 166 Å². The van der Waals surface area contributed by atoms with Crippen LogP contribution in [-0.4, -0.2) is 27.5 Å². The molecule has 0 bridgehead atoms. The largest absolute Gasteiger partial charge is 0.573 e. The van der Waals surface area contributed by atoms with Crippen molar-refractivity contribution in [3.05, 3.63) is 72.3 Å². The first-order chi connectivity index (χ1) is 14.0. The quantitative estimate of drug-likeness (QED) is 0.486. The number of ether oxygens (including phenoxy) is 2. The van der Waals surface area contributed by atoms with Gasteiger partial charge in [-0.25, -0.2) is 9.67 Å². The molecule has 0 amide bonds. The molecule has 0 saturated heterocycles. The number of nitrogens with zero attached hydrogens (tertiary/aromatic N) is 3. The maximum atomic E-state index is 12.4. The van der Waals surface area contributed by atoms with Gasteiger partial charge in [0, 0.05) is 5.92 Å². The van der Waals surface area contributed by atoms with E-state index < -0.39 is 18.6 Å². The molecule has 1 aromatic heterocycles. The Morgan fingerprint density at radius 1 is 0.767 bits per heavy atom. The van der Waals surface area contributed by atoms with Gasteiger partial charge >= 0.3 is 12.7 Å². The Kier molecular flexibility index (Phi) is 5.90. The van der Waals surface area contributed by atoms with Crippen LogP contribution in [0.4, 0.5) is 26.3 Å². The molecule has 160 valence electrons. The van der Waals surface area contributed by atoms with Crippen molar-refractivity contribution in [2.75, 3.05) is 0 Å². The SMILES string of the molecule is CC(C(c1ccc(OC(F)(F)F)cc1)c1ccc(OC(F)(F)F)cc1)n1cncn1. The fraction of sp³-hybridized carbons (Fsp3) is 0.263. The molecule has 0 aliphatic rings. The van der Waals surface area contributed by atoms with E-state index in [9.17, 15) is 26.3 Å². The lowest BCUT2D eigenvalue weighted by Crippen LogP contribution is -2.19. The highest BCUT2D eigenvalue weighted by atomic mass is 19.4. The third-order valence-electron chi connectivity index (χ3n) is 4.28. The number of alkyl halides is 6. The van der Waals surface area contributed by atoms with Gasteiger partial charge in [-0.15, -0.1) is 26.3 Å². The Bertz CT molecular complexity index is 879. The van der Waals surface area contributed by atoms with E-state index in [1.54, 1.807) is 11.6 Å². The van der Waals surface area contributed by atoms with Crippen LogP contribution in [0.25, 0.3) is 0 Å². The molecule has 0 fully saturated rings. The Morgan fingerprint density at radius 3 is 1.53 bits per heavy atom. The molecular formula is C19H15F6N3O2. The standard InChI is InChI=1S/C19H15F6N3O2/c1-12(28-11-26-10-27-28)17(13-2-6-15(7-3-13)29-18(20,21)22)14-4-8-16(9-5-14)30-19(23,24)25/h2-12,17H,1H3. The van der Waals surface area contributed by atoms with Gasteiger partial charge in [-0.1, -0.05) is 24.3 Å². The summed E-state index contributed by atoms with van der Waals surface area (Å²) in [5, 5.41) is 4.08. The number of hydrogen-bond acceptors (Lipinski definition) is 4. The molecule has 0 radical (unpaired) electrons. The zero-order valence-corrected chi connectivity index (χ0v) is 15.4. The molecule has 1 unspecified atom stereocenters. The fourth-order valence-corrected chi connectivity index (χ4v) is 3.08. The normalized spacial score (nSPS) is 13.3. The summed E-state index contributed by atoms with van der Waals surface area (Å²) in [4.78, 5) is 3.88. The van der Waals surface area contributed by atoms with Gasteiger partial charge in [0.15, 0.2) is 0 Å². The molecule has 1 heterocycles. The zero-order chi connectivity index (χ0) is 21.9. The van der Waals surface area contributed by atoms with E-state index in [1.165, 1.54) is 61.2 Å². The molecule has 2 aromatic carbocycles. The van der Waals surface area contributed by atoms with E-state index in [1.807, 2.05) is 0 Å². The van der Waals surface area contributed by atoms with E-state index in [0.29, 0.717) is 11.1 Å². The minimum atomic E-state index is -4.82. The molecule has 0 spiro atoms. The van der Waals surface area contributed by atoms with Crippen molar-refractivity contribution >= 4 is 0 Å². The first-order valence-corrected chi connectivity index (χ1v) is 8.57. The second-order valence-electron chi connectivity index (χ2n) is 6.33. The lowest BCUT2D eigenvalue weighted by molar-refractivity contribution is -0.275. The summed E-state index contributed by atoms with van der Waals surface area (Å²) in [6.45, 7) is 1.81.